The molecule has 1 amide bonds. The number of aliphatic hydroxyl groups is 1. The maximum Gasteiger partial charge on any atom is 0.244 e. The minimum Gasteiger partial charge on any atom is -0.396 e. The second-order valence-corrected chi connectivity index (χ2v) is 5.90. The van der Waals surface area contributed by atoms with Gasteiger partial charge in [-0.15, -0.1) is 0 Å². The predicted octanol–water partition coefficient (Wildman–Crippen LogP) is 2.14. The Morgan fingerprint density at radius 2 is 1.70 bits per heavy atom. The molecule has 122 valence electrons. The van der Waals surface area contributed by atoms with Crippen molar-refractivity contribution in [2.45, 2.75) is 24.8 Å². The molecule has 4 nitrogen and oxygen atoms in total. The number of hydrogen-bond donors (Lipinski definition) is 3. The molecule has 2 unspecified atom stereocenters. The molecular weight excluding hydrogens is 288 g/mol. The molecule has 0 aliphatic heterocycles. The van der Waals surface area contributed by atoms with Crippen molar-refractivity contribution >= 4 is 5.91 Å². The molecule has 0 aliphatic rings. The van der Waals surface area contributed by atoms with Crippen LogP contribution in [0.15, 0.2) is 60.7 Å². The molecule has 0 fully saturated rings. The van der Waals surface area contributed by atoms with E-state index in [9.17, 15) is 9.90 Å². The van der Waals surface area contributed by atoms with Crippen LogP contribution in [0.1, 0.15) is 30.4 Å². The van der Waals surface area contributed by atoms with Gasteiger partial charge in [0.05, 0.1) is 0 Å². The van der Waals surface area contributed by atoms with Crippen LogP contribution in [0, 0.1) is 0 Å². The first-order chi connectivity index (χ1) is 11.1. The Morgan fingerprint density at radius 1 is 1.13 bits per heavy atom. The molecule has 0 spiro atoms. The van der Waals surface area contributed by atoms with Crippen LogP contribution < -0.4 is 11.1 Å². The molecule has 0 saturated carbocycles. The first kappa shape index (κ1) is 17.2. The molecule has 4 heteroatoms. The van der Waals surface area contributed by atoms with E-state index in [4.69, 9.17) is 5.73 Å². The van der Waals surface area contributed by atoms with Crippen molar-refractivity contribution in [1.29, 1.82) is 0 Å². The molecule has 0 radical (unpaired) electrons. The third kappa shape index (κ3) is 4.41. The SMILES string of the molecule is CC(N)(C(=O)NCC(CCO)c1ccccc1)c1ccccc1. The van der Waals surface area contributed by atoms with Gasteiger partial charge >= 0.3 is 0 Å². The lowest BCUT2D eigenvalue weighted by Gasteiger charge is -2.26. The fourth-order valence-corrected chi connectivity index (χ4v) is 2.58. The van der Waals surface area contributed by atoms with E-state index in [1.807, 2.05) is 60.7 Å². The van der Waals surface area contributed by atoms with Gasteiger partial charge in [0, 0.05) is 19.1 Å². The molecular formula is C19H24N2O2. The van der Waals surface area contributed by atoms with Gasteiger partial charge in [0.2, 0.25) is 5.91 Å². The molecule has 23 heavy (non-hydrogen) atoms. The van der Waals surface area contributed by atoms with Crippen molar-refractivity contribution < 1.29 is 9.90 Å². The molecule has 2 rings (SSSR count). The van der Waals surface area contributed by atoms with Crippen molar-refractivity contribution in [2.24, 2.45) is 5.73 Å². The lowest BCUT2D eigenvalue weighted by molar-refractivity contribution is -0.126. The summed E-state index contributed by atoms with van der Waals surface area (Å²) in [5, 5.41) is 12.2. The van der Waals surface area contributed by atoms with Gasteiger partial charge in [-0.05, 0) is 24.5 Å². The summed E-state index contributed by atoms with van der Waals surface area (Å²) >= 11 is 0. The number of amides is 1. The molecule has 0 heterocycles. The number of rotatable bonds is 7. The summed E-state index contributed by atoms with van der Waals surface area (Å²) in [5.41, 5.74) is 7.01. The molecule has 2 aromatic carbocycles. The maximum atomic E-state index is 12.5. The first-order valence-corrected chi connectivity index (χ1v) is 7.84. The van der Waals surface area contributed by atoms with E-state index in [2.05, 4.69) is 5.32 Å². The first-order valence-electron chi connectivity index (χ1n) is 7.84. The molecule has 0 saturated heterocycles. The summed E-state index contributed by atoms with van der Waals surface area (Å²) in [5.74, 6) is -0.153. The smallest absolute Gasteiger partial charge is 0.244 e. The van der Waals surface area contributed by atoms with Gasteiger partial charge in [-0.3, -0.25) is 4.79 Å². The standard InChI is InChI=1S/C19H24N2O2/c1-19(20,17-10-6-3-7-11-17)18(23)21-14-16(12-13-22)15-8-4-2-5-9-15/h2-11,16,22H,12-14,20H2,1H3,(H,21,23). The lowest BCUT2D eigenvalue weighted by atomic mass is 9.91. The zero-order valence-corrected chi connectivity index (χ0v) is 13.4. The maximum absolute atomic E-state index is 12.5. The van der Waals surface area contributed by atoms with Crippen LogP contribution in [0.3, 0.4) is 0 Å². The number of carbonyl (C=O) groups is 1. The summed E-state index contributed by atoms with van der Waals surface area (Å²) in [6.45, 7) is 2.23. The highest BCUT2D eigenvalue weighted by Gasteiger charge is 2.30. The van der Waals surface area contributed by atoms with Crippen LogP contribution in [0.2, 0.25) is 0 Å². The Kier molecular flexibility index (Phi) is 5.90. The summed E-state index contributed by atoms with van der Waals surface area (Å²) in [7, 11) is 0. The highest BCUT2D eigenvalue weighted by atomic mass is 16.3. The highest BCUT2D eigenvalue weighted by Crippen LogP contribution is 2.20. The van der Waals surface area contributed by atoms with E-state index >= 15 is 0 Å². The summed E-state index contributed by atoms with van der Waals surface area (Å²) in [6.07, 6.45) is 0.594. The van der Waals surface area contributed by atoms with E-state index < -0.39 is 5.54 Å². The zero-order valence-electron chi connectivity index (χ0n) is 13.4. The van der Waals surface area contributed by atoms with E-state index in [0.717, 1.165) is 11.1 Å². The normalized spacial score (nSPS) is 14.7. The summed E-state index contributed by atoms with van der Waals surface area (Å²) in [4.78, 5) is 12.5. The second kappa shape index (κ2) is 7.90. The Labute approximate surface area is 137 Å². The number of benzene rings is 2. The molecule has 4 N–H and O–H groups in total. The monoisotopic (exact) mass is 312 g/mol. The fourth-order valence-electron chi connectivity index (χ4n) is 2.58. The van der Waals surface area contributed by atoms with Crippen LogP contribution in [0.4, 0.5) is 0 Å². The third-order valence-corrected chi connectivity index (χ3v) is 4.10. The Hall–Kier alpha value is -2.17. The van der Waals surface area contributed by atoms with Gasteiger partial charge in [0.1, 0.15) is 5.54 Å². The molecule has 2 atom stereocenters. The molecule has 0 aromatic heterocycles. The van der Waals surface area contributed by atoms with Crippen molar-refractivity contribution in [3.63, 3.8) is 0 Å². The van der Waals surface area contributed by atoms with Gasteiger partial charge in [-0.2, -0.15) is 0 Å². The molecule has 0 bridgehead atoms. The Balaban J connectivity index is 2.04. The van der Waals surface area contributed by atoms with Crippen LogP contribution in [-0.4, -0.2) is 24.2 Å². The van der Waals surface area contributed by atoms with Crippen LogP contribution in [0.5, 0.6) is 0 Å². The highest BCUT2D eigenvalue weighted by molar-refractivity contribution is 5.87. The van der Waals surface area contributed by atoms with Gasteiger partial charge in [-0.25, -0.2) is 0 Å². The largest absolute Gasteiger partial charge is 0.396 e. The van der Waals surface area contributed by atoms with Gasteiger partial charge in [0.15, 0.2) is 0 Å². The van der Waals surface area contributed by atoms with Crippen LogP contribution in [0.25, 0.3) is 0 Å². The van der Waals surface area contributed by atoms with Crippen molar-refractivity contribution in [3.8, 4) is 0 Å². The van der Waals surface area contributed by atoms with E-state index in [0.29, 0.717) is 13.0 Å². The summed E-state index contributed by atoms with van der Waals surface area (Å²) in [6, 6.07) is 19.2. The van der Waals surface area contributed by atoms with Crippen molar-refractivity contribution in [1.82, 2.24) is 5.32 Å². The molecule has 2 aromatic rings. The number of carbonyl (C=O) groups excluding carboxylic acids is 1. The van der Waals surface area contributed by atoms with E-state index in [1.54, 1.807) is 6.92 Å². The van der Waals surface area contributed by atoms with Crippen LogP contribution >= 0.6 is 0 Å². The predicted molar refractivity (Wildman–Crippen MR) is 91.9 cm³/mol. The summed E-state index contributed by atoms with van der Waals surface area (Å²) < 4.78 is 0. The average molecular weight is 312 g/mol. The van der Waals surface area contributed by atoms with Crippen LogP contribution in [-0.2, 0) is 10.3 Å². The minimum atomic E-state index is -1.08. The quantitative estimate of drug-likeness (QED) is 0.733. The second-order valence-electron chi connectivity index (χ2n) is 5.90. The topological polar surface area (TPSA) is 75.4 Å². The van der Waals surface area contributed by atoms with Crippen molar-refractivity contribution in [3.05, 3.63) is 71.8 Å². The third-order valence-electron chi connectivity index (χ3n) is 4.10. The fraction of sp³-hybridized carbons (Fsp3) is 0.316. The number of aliphatic hydroxyl groups excluding tert-OH is 1. The zero-order chi connectivity index (χ0) is 16.7. The number of nitrogens with two attached hydrogens (primary N) is 1. The van der Waals surface area contributed by atoms with Gasteiger partial charge in [0.25, 0.3) is 0 Å². The van der Waals surface area contributed by atoms with Gasteiger partial charge < -0.3 is 16.2 Å². The van der Waals surface area contributed by atoms with E-state index in [-0.39, 0.29) is 18.4 Å². The van der Waals surface area contributed by atoms with Gasteiger partial charge in [-0.1, -0.05) is 60.7 Å². The number of hydrogen-bond acceptors (Lipinski definition) is 3. The minimum absolute atomic E-state index is 0.0664. The Morgan fingerprint density at radius 3 is 2.26 bits per heavy atom. The molecule has 0 aliphatic carbocycles. The lowest BCUT2D eigenvalue weighted by Crippen LogP contribution is -2.49. The Bertz CT molecular complexity index is 612. The van der Waals surface area contributed by atoms with Crippen molar-refractivity contribution in [2.75, 3.05) is 13.2 Å². The average Bonchev–Trinajstić information content (AvgIpc) is 2.59. The number of nitrogens with one attached hydrogen (secondary N) is 1. The van der Waals surface area contributed by atoms with E-state index in [1.165, 1.54) is 0 Å².